The van der Waals surface area contributed by atoms with Crippen LogP contribution in [0, 0.1) is 0 Å². The van der Waals surface area contributed by atoms with E-state index < -0.39 is 0 Å². The van der Waals surface area contributed by atoms with E-state index in [1.165, 1.54) is 0 Å². The Bertz CT molecular complexity index is 179. The van der Waals surface area contributed by atoms with E-state index >= 15 is 0 Å². The van der Waals surface area contributed by atoms with E-state index in [1.54, 1.807) is 6.92 Å². The molecule has 0 aromatic carbocycles. The fourth-order valence-electron chi connectivity index (χ4n) is 1.34. The zero-order valence-electron chi connectivity index (χ0n) is 10.7. The van der Waals surface area contributed by atoms with Crippen LogP contribution in [0.2, 0.25) is 0 Å². The van der Waals surface area contributed by atoms with E-state index in [4.69, 9.17) is 20.9 Å². The van der Waals surface area contributed by atoms with Crippen LogP contribution in [0.25, 0.3) is 0 Å². The molecule has 6 nitrogen and oxygen atoms in total. The highest BCUT2D eigenvalue weighted by Crippen LogP contribution is 1.90. The third-order valence-corrected chi connectivity index (χ3v) is 2.07. The van der Waals surface area contributed by atoms with Gasteiger partial charge in [0, 0.05) is 26.2 Å². The third kappa shape index (κ3) is 11.7. The molecule has 0 saturated heterocycles. The van der Waals surface area contributed by atoms with Crippen molar-refractivity contribution < 1.29 is 14.3 Å². The molecule has 0 aliphatic heterocycles. The fraction of sp³-hybridized carbons (Fsp3) is 0.909. The van der Waals surface area contributed by atoms with Crippen molar-refractivity contribution in [2.24, 2.45) is 11.5 Å². The minimum Gasteiger partial charge on any atom is -0.379 e. The summed E-state index contributed by atoms with van der Waals surface area (Å²) >= 11 is 0. The highest BCUT2D eigenvalue weighted by Gasteiger charge is 2.07. The first-order chi connectivity index (χ1) is 8.20. The van der Waals surface area contributed by atoms with Gasteiger partial charge < -0.3 is 20.9 Å². The molecule has 0 rings (SSSR count). The predicted molar refractivity (Wildman–Crippen MR) is 66.9 cm³/mol. The monoisotopic (exact) mass is 247 g/mol. The molecule has 0 spiro atoms. The lowest BCUT2D eigenvalue weighted by atomic mass is 10.4. The van der Waals surface area contributed by atoms with E-state index in [-0.39, 0.29) is 5.78 Å². The van der Waals surface area contributed by atoms with Crippen LogP contribution in [0.5, 0.6) is 0 Å². The summed E-state index contributed by atoms with van der Waals surface area (Å²) in [5.41, 5.74) is 10.6. The van der Waals surface area contributed by atoms with Gasteiger partial charge in [-0.1, -0.05) is 0 Å². The highest BCUT2D eigenvalue weighted by atomic mass is 16.5. The van der Waals surface area contributed by atoms with Crippen molar-refractivity contribution in [3.63, 3.8) is 0 Å². The lowest BCUT2D eigenvalue weighted by molar-refractivity contribution is -0.118. The Morgan fingerprint density at radius 1 is 1.00 bits per heavy atom. The largest absolute Gasteiger partial charge is 0.379 e. The van der Waals surface area contributed by atoms with Gasteiger partial charge in [0.25, 0.3) is 0 Å². The van der Waals surface area contributed by atoms with Crippen LogP contribution in [0.4, 0.5) is 0 Å². The molecular formula is C11H25N3O3. The number of ketones is 1. The van der Waals surface area contributed by atoms with Gasteiger partial charge in [-0.05, 0) is 6.92 Å². The summed E-state index contributed by atoms with van der Waals surface area (Å²) in [7, 11) is 0. The van der Waals surface area contributed by atoms with Gasteiger partial charge in [0.2, 0.25) is 0 Å². The molecule has 0 heterocycles. The zero-order chi connectivity index (χ0) is 12.9. The number of ether oxygens (including phenoxy) is 2. The second kappa shape index (κ2) is 11.9. The summed E-state index contributed by atoms with van der Waals surface area (Å²) in [4.78, 5) is 13.1. The van der Waals surface area contributed by atoms with Gasteiger partial charge in [0.05, 0.1) is 33.0 Å². The predicted octanol–water partition coefficient (Wildman–Crippen LogP) is -1.17. The lowest BCUT2D eigenvalue weighted by Crippen LogP contribution is -2.35. The molecule has 0 atom stereocenters. The van der Waals surface area contributed by atoms with Crippen molar-refractivity contribution in [1.29, 1.82) is 0 Å². The summed E-state index contributed by atoms with van der Waals surface area (Å²) in [6.07, 6.45) is 0. The van der Waals surface area contributed by atoms with Crippen molar-refractivity contribution in [2.75, 3.05) is 59.2 Å². The molecule has 0 aliphatic rings. The fourth-order valence-corrected chi connectivity index (χ4v) is 1.34. The number of carbonyl (C=O) groups excluding carboxylic acids is 1. The summed E-state index contributed by atoms with van der Waals surface area (Å²) in [6, 6.07) is 0. The number of rotatable bonds is 12. The maximum absolute atomic E-state index is 11.1. The molecule has 0 aliphatic carbocycles. The third-order valence-electron chi connectivity index (χ3n) is 2.07. The molecule has 0 radical (unpaired) electrons. The Balaban J connectivity index is 3.68. The molecule has 0 aromatic rings. The van der Waals surface area contributed by atoms with Crippen molar-refractivity contribution in [2.45, 2.75) is 6.92 Å². The van der Waals surface area contributed by atoms with Crippen molar-refractivity contribution in [1.82, 2.24) is 4.90 Å². The van der Waals surface area contributed by atoms with E-state index in [2.05, 4.69) is 0 Å². The molecule has 6 heteroatoms. The van der Waals surface area contributed by atoms with Gasteiger partial charge in [-0.25, -0.2) is 0 Å². The van der Waals surface area contributed by atoms with Gasteiger partial charge in [0.1, 0.15) is 5.78 Å². The highest BCUT2D eigenvalue weighted by molar-refractivity contribution is 5.77. The Kier molecular flexibility index (Phi) is 11.6. The Morgan fingerprint density at radius 2 is 1.47 bits per heavy atom. The second-order valence-electron chi connectivity index (χ2n) is 3.78. The Hall–Kier alpha value is -0.530. The minimum atomic E-state index is 0.141. The van der Waals surface area contributed by atoms with Crippen LogP contribution >= 0.6 is 0 Å². The molecule has 4 N–H and O–H groups in total. The summed E-state index contributed by atoms with van der Waals surface area (Å²) in [5, 5.41) is 0. The summed E-state index contributed by atoms with van der Waals surface area (Å²) in [5.74, 6) is 0.141. The average Bonchev–Trinajstić information content (AvgIpc) is 2.29. The molecule has 0 saturated carbocycles. The first-order valence-corrected chi connectivity index (χ1v) is 5.98. The topological polar surface area (TPSA) is 90.8 Å². The lowest BCUT2D eigenvalue weighted by Gasteiger charge is -2.20. The number of nitrogens with two attached hydrogens (primary N) is 2. The maximum Gasteiger partial charge on any atom is 0.143 e. The van der Waals surface area contributed by atoms with Gasteiger partial charge in [-0.3, -0.25) is 9.69 Å². The quantitative estimate of drug-likeness (QED) is 0.422. The van der Waals surface area contributed by atoms with E-state index in [0.29, 0.717) is 59.2 Å². The number of nitrogens with zero attached hydrogens (tertiary/aromatic N) is 1. The molecule has 0 unspecified atom stereocenters. The number of hydrogen-bond donors (Lipinski definition) is 2. The van der Waals surface area contributed by atoms with Gasteiger partial charge >= 0.3 is 0 Å². The smallest absolute Gasteiger partial charge is 0.143 e. The molecule has 0 amide bonds. The van der Waals surface area contributed by atoms with E-state index in [0.717, 1.165) is 0 Å². The van der Waals surface area contributed by atoms with Gasteiger partial charge in [-0.2, -0.15) is 0 Å². The van der Waals surface area contributed by atoms with Crippen LogP contribution in [0.15, 0.2) is 0 Å². The van der Waals surface area contributed by atoms with Crippen LogP contribution in [-0.2, 0) is 14.3 Å². The SMILES string of the molecule is CC(=O)CN(CCOCCN)CCOCCN. The molecule has 102 valence electrons. The van der Waals surface area contributed by atoms with Crippen LogP contribution in [-0.4, -0.2) is 69.8 Å². The van der Waals surface area contributed by atoms with E-state index in [9.17, 15) is 4.79 Å². The van der Waals surface area contributed by atoms with Gasteiger partial charge in [0.15, 0.2) is 0 Å². The van der Waals surface area contributed by atoms with Crippen LogP contribution in [0.3, 0.4) is 0 Å². The minimum absolute atomic E-state index is 0.141. The van der Waals surface area contributed by atoms with Crippen LogP contribution in [0.1, 0.15) is 6.92 Å². The molecule has 0 aromatic heterocycles. The summed E-state index contributed by atoms with van der Waals surface area (Å²) < 4.78 is 10.6. The number of carbonyl (C=O) groups is 1. The van der Waals surface area contributed by atoms with Crippen molar-refractivity contribution in [3.05, 3.63) is 0 Å². The van der Waals surface area contributed by atoms with E-state index in [1.807, 2.05) is 4.90 Å². The molecule has 0 fully saturated rings. The molecular weight excluding hydrogens is 222 g/mol. The first-order valence-electron chi connectivity index (χ1n) is 5.98. The first kappa shape index (κ1) is 16.5. The average molecular weight is 247 g/mol. The Morgan fingerprint density at radius 3 is 1.82 bits per heavy atom. The van der Waals surface area contributed by atoms with Crippen molar-refractivity contribution >= 4 is 5.78 Å². The number of hydrogen-bond acceptors (Lipinski definition) is 6. The van der Waals surface area contributed by atoms with Crippen LogP contribution < -0.4 is 11.5 Å². The second-order valence-corrected chi connectivity index (χ2v) is 3.78. The molecule has 17 heavy (non-hydrogen) atoms. The normalized spacial score (nSPS) is 11.1. The standard InChI is InChI=1S/C11H25N3O3/c1-11(15)10-14(4-8-16-6-2-12)5-9-17-7-3-13/h2-10,12-13H2,1H3. The van der Waals surface area contributed by atoms with Gasteiger partial charge in [-0.15, -0.1) is 0 Å². The maximum atomic E-state index is 11.1. The summed E-state index contributed by atoms with van der Waals surface area (Å²) in [6.45, 7) is 6.75. The zero-order valence-corrected chi connectivity index (χ0v) is 10.7. The molecule has 0 bridgehead atoms. The Labute approximate surface area is 103 Å². The number of Topliss-reactive ketones (excluding diaryl/α,β-unsaturated/α-hetero) is 1. The van der Waals surface area contributed by atoms with Crippen molar-refractivity contribution in [3.8, 4) is 0 Å².